The predicted molar refractivity (Wildman–Crippen MR) is 50.0 cm³/mol. The van der Waals surface area contributed by atoms with Gasteiger partial charge in [-0.3, -0.25) is 0 Å². The van der Waals surface area contributed by atoms with Gasteiger partial charge in [-0.2, -0.15) is 13.2 Å². The molecule has 1 atom stereocenters. The maximum Gasteiger partial charge on any atom is 0.416 e. The number of benzene rings is 1. The molecule has 0 saturated heterocycles. The SMILES string of the molecule is C#C[C@@H](O)Cc1cccc(C(F)(F)F)c1. The molecular formula is C11H9F3O. The zero-order valence-electron chi connectivity index (χ0n) is 7.75. The Morgan fingerprint density at radius 1 is 1.40 bits per heavy atom. The summed E-state index contributed by atoms with van der Waals surface area (Å²) in [7, 11) is 0. The number of terminal acetylenes is 1. The summed E-state index contributed by atoms with van der Waals surface area (Å²) in [5.74, 6) is 2.05. The van der Waals surface area contributed by atoms with Crippen LogP contribution in [0.15, 0.2) is 24.3 Å². The van der Waals surface area contributed by atoms with E-state index in [1.54, 1.807) is 0 Å². The van der Waals surface area contributed by atoms with E-state index in [9.17, 15) is 13.2 Å². The van der Waals surface area contributed by atoms with Crippen molar-refractivity contribution in [1.29, 1.82) is 0 Å². The molecule has 1 nitrogen and oxygen atoms in total. The van der Waals surface area contributed by atoms with Gasteiger partial charge in [-0.15, -0.1) is 6.42 Å². The summed E-state index contributed by atoms with van der Waals surface area (Å²) < 4.78 is 36.9. The Labute approximate surface area is 85.5 Å². The standard InChI is InChI=1S/C11H9F3O/c1-2-10(15)7-8-4-3-5-9(6-8)11(12,13)14/h1,3-6,10,15H,7H2/t10-/m1/s1. The predicted octanol–water partition coefficient (Wildman–Crippen LogP) is 2.24. The number of rotatable bonds is 2. The first kappa shape index (κ1) is 11.6. The van der Waals surface area contributed by atoms with E-state index in [2.05, 4.69) is 0 Å². The second-order valence-electron chi connectivity index (χ2n) is 3.08. The molecule has 80 valence electrons. The Balaban J connectivity index is 2.90. The molecule has 0 saturated carbocycles. The summed E-state index contributed by atoms with van der Waals surface area (Å²) in [6.07, 6.45) is -0.462. The van der Waals surface area contributed by atoms with E-state index < -0.39 is 17.8 Å². The number of alkyl halides is 3. The lowest BCUT2D eigenvalue weighted by atomic mass is 10.1. The van der Waals surface area contributed by atoms with Crippen LogP contribution in [-0.4, -0.2) is 11.2 Å². The number of hydrogen-bond donors (Lipinski definition) is 1. The van der Waals surface area contributed by atoms with Crippen molar-refractivity contribution < 1.29 is 18.3 Å². The molecule has 0 aliphatic heterocycles. The first-order valence-corrected chi connectivity index (χ1v) is 4.24. The van der Waals surface area contributed by atoms with Crippen molar-refractivity contribution >= 4 is 0 Å². The minimum absolute atomic E-state index is 0.0282. The molecule has 1 N–H and O–H groups in total. The van der Waals surface area contributed by atoms with Crippen LogP contribution in [-0.2, 0) is 12.6 Å². The number of halogens is 3. The summed E-state index contributed by atoms with van der Waals surface area (Å²) in [5.41, 5.74) is -0.362. The van der Waals surface area contributed by atoms with Crippen LogP contribution in [0.5, 0.6) is 0 Å². The van der Waals surface area contributed by atoms with Crippen molar-refractivity contribution in [1.82, 2.24) is 0 Å². The topological polar surface area (TPSA) is 20.2 Å². The molecule has 1 aromatic rings. The van der Waals surface area contributed by atoms with Crippen LogP contribution in [0.2, 0.25) is 0 Å². The van der Waals surface area contributed by atoms with Crippen LogP contribution in [0.25, 0.3) is 0 Å². The van der Waals surface area contributed by atoms with Crippen LogP contribution in [0.1, 0.15) is 11.1 Å². The molecule has 0 amide bonds. The van der Waals surface area contributed by atoms with E-state index in [0.717, 1.165) is 12.1 Å². The smallest absolute Gasteiger partial charge is 0.380 e. The van der Waals surface area contributed by atoms with E-state index in [-0.39, 0.29) is 6.42 Å². The van der Waals surface area contributed by atoms with E-state index >= 15 is 0 Å². The van der Waals surface area contributed by atoms with Gasteiger partial charge >= 0.3 is 6.18 Å². The third kappa shape index (κ3) is 3.30. The largest absolute Gasteiger partial charge is 0.416 e. The number of aliphatic hydroxyl groups is 1. The quantitative estimate of drug-likeness (QED) is 0.748. The minimum atomic E-state index is -4.36. The Kier molecular flexibility index (Phi) is 3.38. The molecule has 1 aromatic carbocycles. The van der Waals surface area contributed by atoms with Gasteiger partial charge in [-0.25, -0.2) is 0 Å². The Hall–Kier alpha value is -1.47. The van der Waals surface area contributed by atoms with Crippen molar-refractivity contribution in [3.05, 3.63) is 35.4 Å². The lowest BCUT2D eigenvalue weighted by Gasteiger charge is -2.09. The first-order valence-electron chi connectivity index (χ1n) is 4.24. The molecule has 0 fully saturated rings. The van der Waals surface area contributed by atoms with E-state index in [4.69, 9.17) is 11.5 Å². The maximum atomic E-state index is 12.3. The van der Waals surface area contributed by atoms with Gasteiger partial charge in [-0.1, -0.05) is 24.1 Å². The van der Waals surface area contributed by atoms with Gasteiger partial charge in [0.15, 0.2) is 0 Å². The van der Waals surface area contributed by atoms with Crippen LogP contribution in [0.3, 0.4) is 0 Å². The fourth-order valence-electron chi connectivity index (χ4n) is 1.16. The van der Waals surface area contributed by atoms with E-state index in [1.807, 2.05) is 5.92 Å². The van der Waals surface area contributed by atoms with Crippen LogP contribution < -0.4 is 0 Å². The molecule has 0 heterocycles. The normalized spacial score (nSPS) is 13.3. The summed E-state index contributed by atoms with van der Waals surface area (Å²) in [6, 6.07) is 4.75. The van der Waals surface area contributed by atoms with Crippen LogP contribution >= 0.6 is 0 Å². The van der Waals surface area contributed by atoms with Crippen LogP contribution in [0, 0.1) is 12.3 Å². The third-order valence-electron chi connectivity index (χ3n) is 1.88. The highest BCUT2D eigenvalue weighted by atomic mass is 19.4. The van der Waals surface area contributed by atoms with E-state index in [1.165, 1.54) is 12.1 Å². The fraction of sp³-hybridized carbons (Fsp3) is 0.273. The van der Waals surface area contributed by atoms with Crippen molar-refractivity contribution in [3.63, 3.8) is 0 Å². The molecule has 0 aliphatic rings. The molecule has 0 bridgehead atoms. The van der Waals surface area contributed by atoms with Gasteiger partial charge in [0, 0.05) is 6.42 Å². The second-order valence-corrected chi connectivity index (χ2v) is 3.08. The van der Waals surface area contributed by atoms with Crippen molar-refractivity contribution in [3.8, 4) is 12.3 Å². The molecule has 4 heteroatoms. The molecule has 15 heavy (non-hydrogen) atoms. The molecule has 0 unspecified atom stereocenters. The lowest BCUT2D eigenvalue weighted by molar-refractivity contribution is -0.137. The Morgan fingerprint density at radius 3 is 2.60 bits per heavy atom. The summed E-state index contributed by atoms with van der Waals surface area (Å²) in [6.45, 7) is 0. The highest BCUT2D eigenvalue weighted by Gasteiger charge is 2.30. The van der Waals surface area contributed by atoms with Gasteiger partial charge in [0.05, 0.1) is 5.56 Å². The molecular weight excluding hydrogens is 205 g/mol. The van der Waals surface area contributed by atoms with Crippen molar-refractivity contribution in [2.75, 3.05) is 0 Å². The van der Waals surface area contributed by atoms with Gasteiger partial charge in [-0.05, 0) is 11.6 Å². The molecule has 0 radical (unpaired) electrons. The second kappa shape index (κ2) is 4.37. The lowest BCUT2D eigenvalue weighted by Crippen LogP contribution is -2.09. The average Bonchev–Trinajstić information content (AvgIpc) is 2.17. The summed E-state index contributed by atoms with van der Waals surface area (Å²) in [4.78, 5) is 0. The Bertz CT molecular complexity index is 376. The zero-order chi connectivity index (χ0) is 11.5. The van der Waals surface area contributed by atoms with Gasteiger partial charge in [0.2, 0.25) is 0 Å². The summed E-state index contributed by atoms with van der Waals surface area (Å²) in [5, 5.41) is 9.09. The molecule has 0 aliphatic carbocycles. The third-order valence-corrected chi connectivity index (χ3v) is 1.88. The highest BCUT2D eigenvalue weighted by molar-refractivity contribution is 5.26. The highest BCUT2D eigenvalue weighted by Crippen LogP contribution is 2.29. The van der Waals surface area contributed by atoms with Crippen LogP contribution in [0.4, 0.5) is 13.2 Å². The number of hydrogen-bond acceptors (Lipinski definition) is 1. The van der Waals surface area contributed by atoms with E-state index in [0.29, 0.717) is 5.56 Å². The molecule has 1 rings (SSSR count). The van der Waals surface area contributed by atoms with Gasteiger partial charge in [0.25, 0.3) is 0 Å². The Morgan fingerprint density at radius 2 is 2.07 bits per heavy atom. The number of aliphatic hydroxyl groups excluding tert-OH is 1. The molecule has 0 spiro atoms. The van der Waals surface area contributed by atoms with Gasteiger partial charge < -0.3 is 5.11 Å². The fourth-order valence-corrected chi connectivity index (χ4v) is 1.16. The molecule has 0 aromatic heterocycles. The van der Waals surface area contributed by atoms with Gasteiger partial charge in [0.1, 0.15) is 6.10 Å². The minimum Gasteiger partial charge on any atom is -0.380 e. The summed E-state index contributed by atoms with van der Waals surface area (Å²) >= 11 is 0. The average molecular weight is 214 g/mol. The van der Waals surface area contributed by atoms with Crippen molar-refractivity contribution in [2.45, 2.75) is 18.7 Å². The monoisotopic (exact) mass is 214 g/mol. The van der Waals surface area contributed by atoms with Crippen molar-refractivity contribution in [2.24, 2.45) is 0 Å². The zero-order valence-corrected chi connectivity index (χ0v) is 7.75. The maximum absolute atomic E-state index is 12.3. The first-order chi connectivity index (χ1) is 6.93.